The van der Waals surface area contributed by atoms with Crippen LogP contribution in [0.5, 0.6) is 0 Å². The van der Waals surface area contributed by atoms with Crippen molar-refractivity contribution in [3.05, 3.63) is 52.8 Å². The van der Waals surface area contributed by atoms with Gasteiger partial charge in [0.2, 0.25) is 5.91 Å². The summed E-state index contributed by atoms with van der Waals surface area (Å²) >= 11 is 17.8. The highest BCUT2D eigenvalue weighted by Crippen LogP contribution is 2.53. The zero-order chi connectivity index (χ0) is 19.8. The molecule has 1 saturated carbocycles. The maximum Gasteiger partial charge on any atom is 0.257 e. The molecule has 2 aromatic rings. The molecule has 1 unspecified atom stereocenters. The first-order chi connectivity index (χ1) is 12.7. The molecule has 0 saturated heterocycles. The molecule has 1 aliphatic rings. The lowest BCUT2D eigenvalue weighted by molar-refractivity contribution is -0.117. The fraction of sp³-hybridized carbons (Fsp3) is 0.176. The van der Waals surface area contributed by atoms with Gasteiger partial charge in [-0.15, -0.1) is 23.2 Å². The Bertz CT molecular complexity index is 924. The van der Waals surface area contributed by atoms with E-state index in [-0.39, 0.29) is 27.9 Å². The van der Waals surface area contributed by atoms with E-state index in [4.69, 9.17) is 40.0 Å². The zero-order valence-corrected chi connectivity index (χ0v) is 15.8. The Hall–Kier alpha value is -2.06. The van der Waals surface area contributed by atoms with E-state index in [1.807, 2.05) is 0 Å². The molecule has 0 heterocycles. The minimum Gasteiger partial charge on any atom is -0.326 e. The van der Waals surface area contributed by atoms with Gasteiger partial charge in [-0.3, -0.25) is 20.3 Å². The Morgan fingerprint density at radius 2 is 1.81 bits per heavy atom. The highest BCUT2D eigenvalue weighted by atomic mass is 35.5. The van der Waals surface area contributed by atoms with Gasteiger partial charge in [-0.2, -0.15) is 0 Å². The monoisotopic (exact) mass is 431 g/mol. The second-order valence-corrected chi connectivity index (χ2v) is 7.91. The summed E-state index contributed by atoms with van der Waals surface area (Å²) in [5, 5.41) is 14.3. The molecule has 2 amide bonds. The Morgan fingerprint density at radius 3 is 2.44 bits per heavy atom. The van der Waals surface area contributed by atoms with Crippen LogP contribution in [0.2, 0.25) is 5.02 Å². The van der Waals surface area contributed by atoms with E-state index in [0.29, 0.717) is 12.1 Å². The Labute approximate surface area is 168 Å². The number of hydrogen-bond donors (Lipinski definition) is 4. The van der Waals surface area contributed by atoms with Gasteiger partial charge in [0.1, 0.15) is 10.2 Å². The predicted molar refractivity (Wildman–Crippen MR) is 102 cm³/mol. The van der Waals surface area contributed by atoms with Crippen LogP contribution in [0.25, 0.3) is 0 Å². The minimum absolute atomic E-state index is 0.0294. The van der Waals surface area contributed by atoms with E-state index in [2.05, 4.69) is 10.6 Å². The molecule has 2 aromatic carbocycles. The lowest BCUT2D eigenvalue weighted by Gasteiger charge is -2.12. The van der Waals surface area contributed by atoms with Crippen molar-refractivity contribution >= 4 is 63.7 Å². The van der Waals surface area contributed by atoms with Gasteiger partial charge in [0.15, 0.2) is 0 Å². The molecular weight excluding hydrogens is 420 g/mol. The molecule has 0 spiro atoms. The van der Waals surface area contributed by atoms with E-state index < -0.39 is 22.0 Å². The molecule has 4 N–H and O–H groups in total. The highest BCUT2D eigenvalue weighted by Gasteiger charge is 2.56. The molecule has 3 rings (SSSR count). The summed E-state index contributed by atoms with van der Waals surface area (Å²) in [7, 11) is 0. The first kappa shape index (κ1) is 19.7. The lowest BCUT2D eigenvalue weighted by atomic mass is 10.1. The number of anilines is 3. The van der Waals surface area contributed by atoms with Crippen LogP contribution < -0.4 is 16.1 Å². The van der Waals surface area contributed by atoms with Crippen LogP contribution in [0.15, 0.2) is 36.4 Å². The second-order valence-electron chi connectivity index (χ2n) is 5.96. The van der Waals surface area contributed by atoms with Crippen molar-refractivity contribution in [2.24, 2.45) is 5.92 Å². The van der Waals surface area contributed by atoms with E-state index in [1.54, 1.807) is 5.48 Å². The largest absolute Gasteiger partial charge is 0.326 e. The average Bonchev–Trinajstić information content (AvgIpc) is 3.26. The smallest absolute Gasteiger partial charge is 0.257 e. The second kappa shape index (κ2) is 7.52. The van der Waals surface area contributed by atoms with Crippen molar-refractivity contribution < 1.29 is 19.2 Å². The predicted octanol–water partition coefficient (Wildman–Crippen LogP) is 4.66. The lowest BCUT2D eigenvalue weighted by Crippen LogP contribution is -2.18. The Kier molecular flexibility index (Phi) is 5.48. The SMILES string of the molecule is O=C(Nc1ccc(F)cc1NO)c1cc(NC(=O)C2CC2(Cl)Cl)ccc1Cl. The van der Waals surface area contributed by atoms with Crippen LogP contribution in [0.3, 0.4) is 0 Å². The van der Waals surface area contributed by atoms with Crippen LogP contribution in [0.4, 0.5) is 21.5 Å². The zero-order valence-electron chi connectivity index (χ0n) is 13.5. The third-order valence-electron chi connectivity index (χ3n) is 3.97. The average molecular weight is 433 g/mol. The Balaban J connectivity index is 1.78. The minimum atomic E-state index is -1.06. The highest BCUT2D eigenvalue weighted by molar-refractivity contribution is 6.52. The summed E-state index contributed by atoms with van der Waals surface area (Å²) in [6.45, 7) is 0. The summed E-state index contributed by atoms with van der Waals surface area (Å²) in [5.74, 6) is -2.10. The molecule has 1 aliphatic carbocycles. The van der Waals surface area contributed by atoms with Crippen LogP contribution in [-0.2, 0) is 4.79 Å². The van der Waals surface area contributed by atoms with Crippen LogP contribution >= 0.6 is 34.8 Å². The van der Waals surface area contributed by atoms with Gasteiger partial charge in [0, 0.05) is 11.8 Å². The number of halogens is 4. The third kappa shape index (κ3) is 4.44. The molecule has 6 nitrogen and oxygen atoms in total. The van der Waals surface area contributed by atoms with Crippen LogP contribution in [0, 0.1) is 11.7 Å². The van der Waals surface area contributed by atoms with Crippen molar-refractivity contribution in [3.8, 4) is 0 Å². The van der Waals surface area contributed by atoms with Crippen molar-refractivity contribution in [2.45, 2.75) is 10.8 Å². The van der Waals surface area contributed by atoms with Gasteiger partial charge in [-0.1, -0.05) is 11.6 Å². The quantitative estimate of drug-likeness (QED) is 0.408. The van der Waals surface area contributed by atoms with Crippen molar-refractivity contribution in [1.29, 1.82) is 0 Å². The first-order valence-electron chi connectivity index (χ1n) is 7.70. The van der Waals surface area contributed by atoms with Crippen molar-refractivity contribution in [3.63, 3.8) is 0 Å². The summed E-state index contributed by atoms with van der Waals surface area (Å²) in [4.78, 5) is 24.6. The van der Waals surface area contributed by atoms with E-state index in [1.165, 1.54) is 24.3 Å². The molecule has 27 heavy (non-hydrogen) atoms. The topological polar surface area (TPSA) is 90.5 Å². The fourth-order valence-electron chi connectivity index (χ4n) is 2.41. The maximum absolute atomic E-state index is 13.2. The molecule has 10 heteroatoms. The fourth-order valence-corrected chi connectivity index (χ4v) is 3.12. The number of benzene rings is 2. The maximum atomic E-state index is 13.2. The summed E-state index contributed by atoms with van der Waals surface area (Å²) in [6.07, 6.45) is 0.352. The molecular formula is C17H13Cl3FN3O3. The van der Waals surface area contributed by atoms with Crippen LogP contribution in [0.1, 0.15) is 16.8 Å². The molecule has 0 radical (unpaired) electrons. The summed E-state index contributed by atoms with van der Waals surface area (Å²) < 4.78 is 12.2. The van der Waals surface area contributed by atoms with Gasteiger partial charge in [-0.25, -0.2) is 4.39 Å². The number of alkyl halides is 2. The summed E-state index contributed by atoms with van der Waals surface area (Å²) in [5.41, 5.74) is 2.32. The van der Waals surface area contributed by atoms with Gasteiger partial charge >= 0.3 is 0 Å². The number of nitrogens with one attached hydrogen (secondary N) is 3. The Morgan fingerprint density at radius 1 is 1.11 bits per heavy atom. The summed E-state index contributed by atoms with van der Waals surface area (Å²) in [6, 6.07) is 7.77. The molecule has 0 bridgehead atoms. The number of rotatable bonds is 5. The first-order valence-corrected chi connectivity index (χ1v) is 8.84. The van der Waals surface area contributed by atoms with Crippen molar-refractivity contribution in [1.82, 2.24) is 0 Å². The van der Waals surface area contributed by atoms with Gasteiger partial charge in [-0.05, 0) is 36.8 Å². The number of amides is 2. The molecule has 1 atom stereocenters. The third-order valence-corrected chi connectivity index (χ3v) is 5.14. The number of hydrogen-bond acceptors (Lipinski definition) is 4. The van der Waals surface area contributed by atoms with E-state index in [9.17, 15) is 14.0 Å². The van der Waals surface area contributed by atoms with Gasteiger partial charge in [0.05, 0.1) is 27.9 Å². The molecule has 142 valence electrons. The molecule has 0 aliphatic heterocycles. The van der Waals surface area contributed by atoms with Gasteiger partial charge < -0.3 is 10.6 Å². The number of carbonyl (C=O) groups excluding carboxylic acids is 2. The number of carbonyl (C=O) groups is 2. The van der Waals surface area contributed by atoms with Gasteiger partial charge in [0.25, 0.3) is 5.91 Å². The molecule has 1 fully saturated rings. The van der Waals surface area contributed by atoms with Crippen LogP contribution in [-0.4, -0.2) is 21.4 Å². The standard InChI is InChI=1S/C17H13Cl3FN3O3/c18-12-3-2-9(22-16(26)11-7-17(11,19)20)6-10(12)15(25)23-13-4-1-8(21)5-14(13)24-27/h1-6,11,24,27H,7H2,(H,22,26)(H,23,25). The van der Waals surface area contributed by atoms with E-state index >= 15 is 0 Å². The van der Waals surface area contributed by atoms with Crippen molar-refractivity contribution in [2.75, 3.05) is 16.1 Å². The normalized spacial score (nSPS) is 17.1. The van der Waals surface area contributed by atoms with E-state index in [0.717, 1.165) is 12.1 Å². The molecule has 0 aromatic heterocycles.